The molecule has 0 atom stereocenters. The zero-order valence-corrected chi connectivity index (χ0v) is 13.1. The quantitative estimate of drug-likeness (QED) is 0.858. The molecule has 22 heavy (non-hydrogen) atoms. The van der Waals surface area contributed by atoms with Crippen molar-refractivity contribution in [2.24, 2.45) is 4.99 Å². The first kappa shape index (κ1) is 14.9. The molecular formula is C17H17FN2OS. The Bertz CT molecular complexity index is 703. The van der Waals surface area contributed by atoms with Crippen LogP contribution in [0.5, 0.6) is 5.75 Å². The van der Waals surface area contributed by atoms with Crippen molar-refractivity contribution < 1.29 is 9.13 Å². The summed E-state index contributed by atoms with van der Waals surface area (Å²) in [6.07, 6.45) is 0. The number of methoxy groups -OCH3 is 1. The lowest BCUT2D eigenvalue weighted by molar-refractivity contribution is 0.410. The minimum atomic E-state index is -0.244. The van der Waals surface area contributed by atoms with Crippen molar-refractivity contribution in [2.45, 2.75) is 10.6 Å². The number of hydrogen-bond acceptors (Lipinski definition) is 4. The molecule has 2 aromatic rings. The van der Waals surface area contributed by atoms with E-state index in [1.807, 2.05) is 12.1 Å². The zero-order valence-electron chi connectivity index (χ0n) is 12.3. The van der Waals surface area contributed by atoms with Gasteiger partial charge in [0.15, 0.2) is 0 Å². The molecule has 0 saturated heterocycles. The number of aliphatic imine (C=N–C) groups is 1. The lowest BCUT2D eigenvalue weighted by Crippen LogP contribution is -2.20. The van der Waals surface area contributed by atoms with E-state index >= 15 is 0 Å². The van der Waals surface area contributed by atoms with Crippen LogP contribution in [0.1, 0.15) is 11.1 Å². The van der Waals surface area contributed by atoms with Crippen molar-refractivity contribution in [3.05, 3.63) is 59.4 Å². The Morgan fingerprint density at radius 3 is 2.91 bits per heavy atom. The Kier molecular flexibility index (Phi) is 4.63. The van der Waals surface area contributed by atoms with E-state index in [2.05, 4.69) is 22.4 Å². The van der Waals surface area contributed by atoms with Crippen molar-refractivity contribution in [1.29, 1.82) is 0 Å². The van der Waals surface area contributed by atoms with Crippen molar-refractivity contribution in [3.63, 3.8) is 0 Å². The highest BCUT2D eigenvalue weighted by atomic mass is 32.2. The van der Waals surface area contributed by atoms with Crippen LogP contribution in [0.4, 0.5) is 4.39 Å². The summed E-state index contributed by atoms with van der Waals surface area (Å²) in [4.78, 5) is 5.60. The monoisotopic (exact) mass is 316 g/mol. The molecule has 0 unspecified atom stereocenters. The molecule has 0 spiro atoms. The summed E-state index contributed by atoms with van der Waals surface area (Å²) in [5, 5.41) is 3.30. The average Bonchev–Trinajstić information content (AvgIpc) is 3.07. The highest BCUT2D eigenvalue weighted by Crippen LogP contribution is 2.30. The van der Waals surface area contributed by atoms with Gasteiger partial charge in [-0.3, -0.25) is 4.99 Å². The fraction of sp³-hybridized carbons (Fsp3) is 0.235. The molecule has 0 aromatic heterocycles. The first-order valence-electron chi connectivity index (χ1n) is 7.11. The topological polar surface area (TPSA) is 33.6 Å². The predicted molar refractivity (Wildman–Crippen MR) is 88.4 cm³/mol. The van der Waals surface area contributed by atoms with Crippen LogP contribution in [-0.4, -0.2) is 26.0 Å². The van der Waals surface area contributed by atoms with Crippen molar-refractivity contribution in [3.8, 4) is 5.75 Å². The van der Waals surface area contributed by atoms with E-state index in [0.717, 1.165) is 34.9 Å². The second-order valence-corrected chi connectivity index (χ2v) is 5.92. The van der Waals surface area contributed by atoms with Crippen molar-refractivity contribution in [2.75, 3.05) is 20.2 Å². The highest BCUT2D eigenvalue weighted by molar-refractivity contribution is 7.98. The van der Waals surface area contributed by atoms with E-state index in [1.54, 1.807) is 24.9 Å². The number of nitrogens with zero attached hydrogens (tertiary/aromatic N) is 1. The molecular weight excluding hydrogens is 299 g/mol. The maximum atomic E-state index is 13.4. The number of rotatable bonds is 5. The summed E-state index contributed by atoms with van der Waals surface area (Å²) in [6.45, 7) is 1.69. The van der Waals surface area contributed by atoms with Crippen LogP contribution in [0.15, 0.2) is 52.4 Å². The molecule has 0 aliphatic carbocycles. The molecule has 0 bridgehead atoms. The minimum Gasteiger partial charge on any atom is -0.496 e. The number of halogens is 1. The molecule has 0 radical (unpaired) electrons. The van der Waals surface area contributed by atoms with Crippen LogP contribution in [0.25, 0.3) is 0 Å². The maximum absolute atomic E-state index is 13.4. The van der Waals surface area contributed by atoms with Crippen molar-refractivity contribution in [1.82, 2.24) is 5.32 Å². The molecule has 2 aromatic carbocycles. The molecule has 1 N–H and O–H groups in total. The summed E-state index contributed by atoms with van der Waals surface area (Å²) in [6, 6.07) is 12.7. The Morgan fingerprint density at radius 1 is 1.27 bits per heavy atom. The molecule has 3 nitrogen and oxygen atoms in total. The molecule has 3 rings (SSSR count). The maximum Gasteiger partial charge on any atom is 0.129 e. The van der Waals surface area contributed by atoms with E-state index in [4.69, 9.17) is 4.74 Å². The van der Waals surface area contributed by atoms with Gasteiger partial charge in [0, 0.05) is 28.3 Å². The summed E-state index contributed by atoms with van der Waals surface area (Å²) in [7, 11) is 1.60. The average molecular weight is 316 g/mol. The fourth-order valence-corrected chi connectivity index (χ4v) is 3.41. The van der Waals surface area contributed by atoms with Gasteiger partial charge in [-0.25, -0.2) is 4.39 Å². The standard InChI is InChI=1S/C17H17FN2OS/c1-21-15-7-6-13(18)10-12(15)11-22-16-5-3-2-4-14(16)17-19-8-9-20-17/h2-7,10H,8-9,11H2,1H3,(H,19,20). The SMILES string of the molecule is COc1ccc(F)cc1CSc1ccccc1C1=NCCN1. The van der Waals surface area contributed by atoms with Crippen LogP contribution in [0.2, 0.25) is 0 Å². The third kappa shape index (κ3) is 3.25. The predicted octanol–water partition coefficient (Wildman–Crippen LogP) is 3.48. The van der Waals surface area contributed by atoms with Gasteiger partial charge in [-0.2, -0.15) is 0 Å². The number of benzene rings is 2. The molecule has 1 aliphatic heterocycles. The molecule has 0 fully saturated rings. The van der Waals surface area contributed by atoms with Gasteiger partial charge in [0.1, 0.15) is 17.4 Å². The van der Waals surface area contributed by atoms with Crippen LogP contribution >= 0.6 is 11.8 Å². The summed E-state index contributed by atoms with van der Waals surface area (Å²) in [5.41, 5.74) is 1.95. The Balaban J connectivity index is 1.81. The number of amidine groups is 1. The smallest absolute Gasteiger partial charge is 0.129 e. The second-order valence-electron chi connectivity index (χ2n) is 4.90. The van der Waals surface area contributed by atoms with Gasteiger partial charge < -0.3 is 10.1 Å². The first-order valence-corrected chi connectivity index (χ1v) is 8.09. The summed E-state index contributed by atoms with van der Waals surface area (Å²) in [5.74, 6) is 2.05. The van der Waals surface area contributed by atoms with Gasteiger partial charge in [-0.15, -0.1) is 11.8 Å². The largest absolute Gasteiger partial charge is 0.496 e. The Morgan fingerprint density at radius 2 is 2.14 bits per heavy atom. The highest BCUT2D eigenvalue weighted by Gasteiger charge is 2.13. The first-order chi connectivity index (χ1) is 10.8. The summed E-state index contributed by atoms with van der Waals surface area (Å²) >= 11 is 1.66. The Labute approximate surface area is 133 Å². The lowest BCUT2D eigenvalue weighted by Gasteiger charge is -2.11. The molecule has 1 heterocycles. The van der Waals surface area contributed by atoms with Gasteiger partial charge in [0.25, 0.3) is 0 Å². The van der Waals surface area contributed by atoms with E-state index in [1.165, 1.54) is 12.1 Å². The normalized spacial score (nSPS) is 13.6. The van der Waals surface area contributed by atoms with Gasteiger partial charge in [-0.05, 0) is 24.3 Å². The van der Waals surface area contributed by atoms with Gasteiger partial charge in [0.05, 0.1) is 13.7 Å². The van der Waals surface area contributed by atoms with E-state index in [0.29, 0.717) is 11.5 Å². The van der Waals surface area contributed by atoms with Gasteiger partial charge >= 0.3 is 0 Å². The number of nitrogens with one attached hydrogen (secondary N) is 1. The minimum absolute atomic E-state index is 0.244. The molecule has 1 aliphatic rings. The number of ether oxygens (including phenoxy) is 1. The molecule has 114 valence electrons. The van der Waals surface area contributed by atoms with E-state index in [9.17, 15) is 4.39 Å². The van der Waals surface area contributed by atoms with Crippen LogP contribution in [0, 0.1) is 5.82 Å². The fourth-order valence-electron chi connectivity index (χ4n) is 2.38. The van der Waals surface area contributed by atoms with Crippen molar-refractivity contribution >= 4 is 17.6 Å². The Hall–Kier alpha value is -2.01. The van der Waals surface area contributed by atoms with Crippen LogP contribution < -0.4 is 10.1 Å². The summed E-state index contributed by atoms with van der Waals surface area (Å²) < 4.78 is 18.7. The van der Waals surface area contributed by atoms with Gasteiger partial charge in [-0.1, -0.05) is 18.2 Å². The number of thioether (sulfide) groups is 1. The van der Waals surface area contributed by atoms with E-state index < -0.39 is 0 Å². The second kappa shape index (κ2) is 6.83. The van der Waals surface area contributed by atoms with E-state index in [-0.39, 0.29) is 5.82 Å². The number of hydrogen-bond donors (Lipinski definition) is 1. The van der Waals surface area contributed by atoms with Gasteiger partial charge in [0.2, 0.25) is 0 Å². The molecule has 5 heteroatoms. The zero-order chi connectivity index (χ0) is 15.4. The third-order valence-corrected chi connectivity index (χ3v) is 4.56. The van der Waals surface area contributed by atoms with Crippen LogP contribution in [0.3, 0.4) is 0 Å². The molecule has 0 amide bonds. The van der Waals surface area contributed by atoms with Crippen LogP contribution in [-0.2, 0) is 5.75 Å². The lowest BCUT2D eigenvalue weighted by atomic mass is 10.2. The molecule has 0 saturated carbocycles. The third-order valence-electron chi connectivity index (χ3n) is 3.44.